The molecule has 0 aromatic heterocycles. The molecule has 1 aliphatic carbocycles. The van der Waals surface area contributed by atoms with E-state index in [0.717, 1.165) is 49.2 Å². The lowest BCUT2D eigenvalue weighted by atomic mass is 9.49. The average Bonchev–Trinajstić information content (AvgIpc) is 2.76. The molecule has 1 amide bonds. The molecule has 0 radical (unpaired) electrons. The van der Waals surface area contributed by atoms with Gasteiger partial charge in [-0.2, -0.15) is 0 Å². The third-order valence-electron chi connectivity index (χ3n) is 8.79. The van der Waals surface area contributed by atoms with Gasteiger partial charge in [-0.1, -0.05) is 73.8 Å². The van der Waals surface area contributed by atoms with Gasteiger partial charge in [-0.15, -0.1) is 0 Å². The summed E-state index contributed by atoms with van der Waals surface area (Å²) in [6, 6.07) is 14.1. The van der Waals surface area contributed by atoms with E-state index >= 15 is 0 Å². The first-order valence-corrected chi connectivity index (χ1v) is 12.8. The molecule has 2 aliphatic rings. The van der Waals surface area contributed by atoms with Crippen LogP contribution < -0.4 is 5.32 Å². The second kappa shape index (κ2) is 9.20. The first-order valence-electron chi connectivity index (χ1n) is 11.7. The van der Waals surface area contributed by atoms with Gasteiger partial charge in [0.2, 0.25) is 5.91 Å². The van der Waals surface area contributed by atoms with Crippen molar-refractivity contribution >= 4 is 40.7 Å². The summed E-state index contributed by atoms with van der Waals surface area (Å²) in [4.78, 5) is 13.4. The monoisotopic (exact) mass is 491 g/mol. The van der Waals surface area contributed by atoms with Crippen molar-refractivity contribution in [1.82, 2.24) is 5.32 Å². The van der Waals surface area contributed by atoms with Crippen molar-refractivity contribution in [2.24, 2.45) is 16.7 Å². The number of hydrogen-bond acceptors (Lipinski definition) is 1. The fourth-order valence-corrected chi connectivity index (χ4v) is 7.21. The Hall–Kier alpha value is -1.22. The number of nitrogens with one attached hydrogen (secondary N) is 1. The van der Waals surface area contributed by atoms with Crippen molar-refractivity contribution in [2.75, 3.05) is 6.54 Å². The third kappa shape index (κ3) is 3.97. The van der Waals surface area contributed by atoms with Gasteiger partial charge in [-0.25, -0.2) is 0 Å². The Kier molecular flexibility index (Phi) is 6.88. The molecule has 0 bridgehead atoms. The smallest absolute Gasteiger partial charge is 0.226 e. The van der Waals surface area contributed by atoms with Crippen LogP contribution in [0.4, 0.5) is 0 Å². The van der Waals surface area contributed by atoms with E-state index in [9.17, 15) is 4.79 Å². The van der Waals surface area contributed by atoms with Crippen LogP contribution in [-0.4, -0.2) is 12.5 Å². The van der Waals surface area contributed by atoms with Crippen LogP contribution >= 0.6 is 34.8 Å². The molecule has 2 nitrogen and oxygen atoms in total. The SMILES string of the molecule is CC[C@@]12CCC(c3ccc(Cl)cc3Cl)[C@@H](c3ccc(Cl)cc3)CC[C@]1(C)[C@@H](C)CNC2=O. The molecule has 172 valence electrons. The second-order valence-corrected chi connectivity index (χ2v) is 11.3. The molecule has 0 spiro atoms. The van der Waals surface area contributed by atoms with Crippen molar-refractivity contribution < 1.29 is 4.79 Å². The number of piperidine rings is 1. The van der Waals surface area contributed by atoms with Gasteiger partial charge in [-0.3, -0.25) is 4.79 Å². The molecule has 1 heterocycles. The zero-order valence-electron chi connectivity index (χ0n) is 19.1. The van der Waals surface area contributed by atoms with E-state index in [1.807, 2.05) is 24.3 Å². The van der Waals surface area contributed by atoms with Crippen LogP contribution in [0.1, 0.15) is 75.8 Å². The Morgan fingerprint density at radius 1 is 0.969 bits per heavy atom. The van der Waals surface area contributed by atoms with E-state index < -0.39 is 0 Å². The van der Waals surface area contributed by atoms with E-state index in [-0.39, 0.29) is 22.7 Å². The maximum Gasteiger partial charge on any atom is 0.226 e. The predicted molar refractivity (Wildman–Crippen MR) is 135 cm³/mol. The van der Waals surface area contributed by atoms with E-state index in [1.165, 1.54) is 5.56 Å². The van der Waals surface area contributed by atoms with Gasteiger partial charge in [0, 0.05) is 21.6 Å². The Balaban J connectivity index is 1.81. The topological polar surface area (TPSA) is 29.1 Å². The van der Waals surface area contributed by atoms with Crippen LogP contribution in [0.15, 0.2) is 42.5 Å². The van der Waals surface area contributed by atoms with Crippen LogP contribution in [0.5, 0.6) is 0 Å². The van der Waals surface area contributed by atoms with E-state index in [4.69, 9.17) is 34.8 Å². The molecule has 1 aliphatic heterocycles. The number of fused-ring (bicyclic) bond motifs is 1. The summed E-state index contributed by atoms with van der Waals surface area (Å²) < 4.78 is 0. The van der Waals surface area contributed by atoms with Crippen LogP contribution in [0, 0.1) is 16.7 Å². The Bertz CT molecular complexity index is 991. The number of carbonyl (C=O) groups excluding carboxylic acids is 1. The van der Waals surface area contributed by atoms with Crippen molar-refractivity contribution in [1.29, 1.82) is 0 Å². The lowest BCUT2D eigenvalue weighted by Crippen LogP contribution is -2.61. The third-order valence-corrected chi connectivity index (χ3v) is 9.60. The number of benzene rings is 2. The summed E-state index contributed by atoms with van der Waals surface area (Å²) in [5, 5.41) is 5.32. The lowest BCUT2D eigenvalue weighted by Gasteiger charge is -2.56. The number of rotatable bonds is 3. The zero-order valence-corrected chi connectivity index (χ0v) is 21.3. The summed E-state index contributed by atoms with van der Waals surface area (Å²) in [5.74, 6) is 1.17. The van der Waals surface area contributed by atoms with Crippen LogP contribution in [0.25, 0.3) is 0 Å². The molecule has 1 N–H and O–H groups in total. The fourth-order valence-electron chi connectivity index (χ4n) is 6.54. The van der Waals surface area contributed by atoms with Gasteiger partial charge < -0.3 is 5.32 Å². The van der Waals surface area contributed by atoms with Crippen molar-refractivity contribution in [2.45, 2.75) is 64.7 Å². The molecule has 5 atom stereocenters. The Morgan fingerprint density at radius 2 is 1.62 bits per heavy atom. The minimum Gasteiger partial charge on any atom is -0.355 e. The first-order chi connectivity index (χ1) is 15.2. The normalized spacial score (nSPS) is 33.1. The molecule has 2 fully saturated rings. The van der Waals surface area contributed by atoms with Crippen molar-refractivity contribution in [3.05, 3.63) is 68.7 Å². The molecule has 1 unspecified atom stereocenters. The minimum absolute atomic E-state index is 0.0382. The summed E-state index contributed by atoms with van der Waals surface area (Å²) >= 11 is 19.2. The van der Waals surface area contributed by atoms with Crippen LogP contribution in [0.2, 0.25) is 15.1 Å². The maximum absolute atomic E-state index is 13.4. The van der Waals surface area contributed by atoms with Crippen molar-refractivity contribution in [3.63, 3.8) is 0 Å². The van der Waals surface area contributed by atoms with Gasteiger partial charge in [-0.05, 0) is 90.7 Å². The van der Waals surface area contributed by atoms with Gasteiger partial charge in [0.05, 0.1) is 5.41 Å². The predicted octanol–water partition coefficient (Wildman–Crippen LogP) is 8.26. The molecule has 1 saturated heterocycles. The van der Waals surface area contributed by atoms with Crippen molar-refractivity contribution in [3.8, 4) is 0 Å². The number of halogens is 3. The highest BCUT2D eigenvalue weighted by Crippen LogP contribution is 2.60. The highest BCUT2D eigenvalue weighted by Gasteiger charge is 2.57. The molecule has 2 aromatic carbocycles. The number of hydrogen-bond donors (Lipinski definition) is 1. The number of carbonyl (C=O) groups is 1. The van der Waals surface area contributed by atoms with E-state index in [0.29, 0.717) is 21.9 Å². The highest BCUT2D eigenvalue weighted by atomic mass is 35.5. The standard InChI is InChI=1S/C27H32Cl3NO/c1-4-27-14-12-22(23-10-9-20(29)15-24(23)30)21(18-5-7-19(28)8-6-18)11-13-26(27,3)17(2)16-31-25(27)32/h5-10,15,17,21-22H,4,11-14,16H2,1-3H3,(H,31,32)/t17-,21+,22?,26+,27-/m0/s1. The average molecular weight is 493 g/mol. The van der Waals surface area contributed by atoms with Gasteiger partial charge in [0.1, 0.15) is 0 Å². The first kappa shape index (κ1) is 23.9. The summed E-state index contributed by atoms with van der Waals surface area (Å²) in [7, 11) is 0. The molecule has 32 heavy (non-hydrogen) atoms. The second-order valence-electron chi connectivity index (χ2n) is 9.97. The Labute approximate surface area is 207 Å². The van der Waals surface area contributed by atoms with Gasteiger partial charge >= 0.3 is 0 Å². The molecule has 4 rings (SSSR count). The highest BCUT2D eigenvalue weighted by molar-refractivity contribution is 6.35. The van der Waals surface area contributed by atoms with E-state index in [2.05, 4.69) is 44.3 Å². The van der Waals surface area contributed by atoms with Gasteiger partial charge in [0.15, 0.2) is 0 Å². The maximum atomic E-state index is 13.4. The quantitative estimate of drug-likeness (QED) is 0.459. The Morgan fingerprint density at radius 3 is 2.28 bits per heavy atom. The molecular weight excluding hydrogens is 461 g/mol. The molecule has 2 aromatic rings. The van der Waals surface area contributed by atoms with E-state index in [1.54, 1.807) is 0 Å². The van der Waals surface area contributed by atoms with Gasteiger partial charge in [0.25, 0.3) is 0 Å². The fraction of sp³-hybridized carbons (Fsp3) is 0.519. The summed E-state index contributed by atoms with van der Waals surface area (Å²) in [6.45, 7) is 7.60. The lowest BCUT2D eigenvalue weighted by molar-refractivity contribution is -0.153. The minimum atomic E-state index is -0.354. The van der Waals surface area contributed by atoms with Crippen LogP contribution in [0.3, 0.4) is 0 Å². The molecular formula is C27H32Cl3NO. The van der Waals surface area contributed by atoms with Crippen LogP contribution in [-0.2, 0) is 4.79 Å². The summed E-state index contributed by atoms with van der Waals surface area (Å²) in [6.07, 6.45) is 4.61. The number of amides is 1. The summed E-state index contributed by atoms with van der Waals surface area (Å²) in [5.41, 5.74) is 2.01. The molecule has 1 saturated carbocycles. The largest absolute Gasteiger partial charge is 0.355 e. The zero-order chi connectivity index (χ0) is 23.1. The molecule has 5 heteroatoms.